The molecule has 1 atom stereocenters. The van der Waals surface area contributed by atoms with E-state index in [4.69, 9.17) is 33.9 Å². The third kappa shape index (κ3) is 4.53. The van der Waals surface area contributed by atoms with Crippen LogP contribution in [0.25, 0.3) is 22.3 Å². The zero-order valence-corrected chi connectivity index (χ0v) is 22.0. The predicted octanol–water partition coefficient (Wildman–Crippen LogP) is 5.61. The van der Waals surface area contributed by atoms with Crippen molar-refractivity contribution in [1.82, 2.24) is 15.0 Å². The summed E-state index contributed by atoms with van der Waals surface area (Å²) in [6.07, 6.45) is 8.15. The molecule has 2 aliphatic rings. The molecule has 1 aliphatic carbocycles. The minimum absolute atomic E-state index is 0.137. The van der Waals surface area contributed by atoms with Gasteiger partial charge in [-0.05, 0) is 62.1 Å². The van der Waals surface area contributed by atoms with E-state index in [1.807, 2.05) is 24.3 Å². The van der Waals surface area contributed by atoms with Crippen LogP contribution in [0.3, 0.4) is 0 Å². The number of aromatic nitrogens is 3. The van der Waals surface area contributed by atoms with Crippen molar-refractivity contribution in [3.8, 4) is 17.0 Å². The molecule has 1 aliphatic heterocycles. The summed E-state index contributed by atoms with van der Waals surface area (Å²) < 4.78 is 0. The average molecular weight is 549 g/mol. The highest BCUT2D eigenvalue weighted by Gasteiger charge is 2.46. The molecule has 4 heterocycles. The van der Waals surface area contributed by atoms with Crippen molar-refractivity contribution in [1.29, 1.82) is 0 Å². The first kappa shape index (κ1) is 24.9. The zero-order valence-electron chi connectivity index (χ0n) is 20.5. The van der Waals surface area contributed by atoms with E-state index < -0.39 is 5.41 Å². The van der Waals surface area contributed by atoms with Gasteiger partial charge >= 0.3 is 0 Å². The molecule has 1 aromatic carbocycles. The summed E-state index contributed by atoms with van der Waals surface area (Å²) in [6.45, 7) is 1.73. The van der Waals surface area contributed by atoms with Gasteiger partial charge < -0.3 is 25.9 Å². The number of nitrogens with one attached hydrogen (secondary N) is 1. The minimum atomic E-state index is -0.580. The Kier molecular flexibility index (Phi) is 6.34. The Bertz CT molecular complexity index is 1520. The maximum Gasteiger partial charge on any atom is 0.152 e. The van der Waals surface area contributed by atoms with Crippen LogP contribution >= 0.6 is 23.2 Å². The van der Waals surface area contributed by atoms with E-state index in [-0.39, 0.29) is 21.8 Å². The van der Waals surface area contributed by atoms with Crippen molar-refractivity contribution < 1.29 is 9.90 Å². The summed E-state index contributed by atoms with van der Waals surface area (Å²) in [5.74, 6) is 0.715. The summed E-state index contributed by atoms with van der Waals surface area (Å²) in [6, 6.07) is 11.0. The first-order chi connectivity index (χ1) is 18.4. The quantitative estimate of drug-likeness (QED) is 0.266. The Morgan fingerprint density at radius 1 is 1.11 bits per heavy atom. The van der Waals surface area contributed by atoms with Gasteiger partial charge in [0.1, 0.15) is 17.6 Å². The molecule has 6 rings (SSSR count). The number of rotatable bonds is 6. The van der Waals surface area contributed by atoms with Gasteiger partial charge in [-0.2, -0.15) is 0 Å². The largest absolute Gasteiger partial charge is 0.505 e. The number of benzene rings is 1. The van der Waals surface area contributed by atoms with E-state index >= 15 is 0 Å². The topological polar surface area (TPSA) is 117 Å². The lowest BCUT2D eigenvalue weighted by Gasteiger charge is -2.31. The van der Waals surface area contributed by atoms with Crippen LogP contribution < -0.4 is 16.0 Å². The van der Waals surface area contributed by atoms with Crippen molar-refractivity contribution in [2.45, 2.75) is 37.1 Å². The standard InChI is InChI=1S/C28H26Cl2N6O2/c29-20-10-16(11-21(30)27(20)38)22-4-5-23-26(35-22)25(19(13-32-23)28(15-37)7-8-28)34-18-3-6-24(33-12-18)36-9-1-2-17(31)14-36/h3-6,10-13,15,17,38H,1-2,7-9,14,31H2,(H,32,34)/t17-/m0/s1. The third-order valence-electron chi connectivity index (χ3n) is 7.38. The Morgan fingerprint density at radius 2 is 1.89 bits per heavy atom. The highest BCUT2D eigenvalue weighted by atomic mass is 35.5. The van der Waals surface area contributed by atoms with E-state index in [1.54, 1.807) is 24.5 Å². The van der Waals surface area contributed by atoms with Crippen LogP contribution in [-0.4, -0.2) is 45.5 Å². The molecule has 0 unspecified atom stereocenters. The van der Waals surface area contributed by atoms with Gasteiger partial charge in [-0.3, -0.25) is 4.98 Å². The van der Waals surface area contributed by atoms with Crippen LogP contribution in [0.15, 0.2) is 48.8 Å². The number of piperidine rings is 1. The lowest BCUT2D eigenvalue weighted by molar-refractivity contribution is -0.109. The zero-order chi connectivity index (χ0) is 26.4. The molecular weight excluding hydrogens is 523 g/mol. The summed E-state index contributed by atoms with van der Waals surface area (Å²) in [5.41, 5.74) is 10.4. The van der Waals surface area contributed by atoms with Crippen molar-refractivity contribution in [2.24, 2.45) is 5.73 Å². The summed E-state index contributed by atoms with van der Waals surface area (Å²) >= 11 is 12.3. The second-order valence-electron chi connectivity index (χ2n) is 10.1. The van der Waals surface area contributed by atoms with Crippen LogP contribution in [0.1, 0.15) is 31.2 Å². The number of anilines is 3. The molecule has 0 bridgehead atoms. The molecule has 8 nitrogen and oxygen atoms in total. The Balaban J connectivity index is 1.42. The smallest absolute Gasteiger partial charge is 0.152 e. The minimum Gasteiger partial charge on any atom is -0.505 e. The normalized spacial score (nSPS) is 18.4. The number of phenolic OH excluding ortho intramolecular Hbond substituents is 1. The van der Waals surface area contributed by atoms with Crippen LogP contribution in [-0.2, 0) is 10.2 Å². The molecule has 0 spiro atoms. The summed E-state index contributed by atoms with van der Waals surface area (Å²) in [4.78, 5) is 28.5. The number of carbonyl (C=O) groups excluding carboxylic acids is 1. The number of pyridine rings is 3. The Labute approximate surface area is 229 Å². The van der Waals surface area contributed by atoms with Gasteiger partial charge in [0.15, 0.2) is 5.75 Å². The summed E-state index contributed by atoms with van der Waals surface area (Å²) in [7, 11) is 0. The van der Waals surface area contributed by atoms with Crippen molar-refractivity contribution in [3.63, 3.8) is 0 Å². The number of phenols is 1. The molecule has 1 saturated carbocycles. The second kappa shape index (κ2) is 9.69. The monoisotopic (exact) mass is 548 g/mol. The average Bonchev–Trinajstić information content (AvgIpc) is 3.73. The maximum atomic E-state index is 12.1. The van der Waals surface area contributed by atoms with Crippen molar-refractivity contribution in [3.05, 3.63) is 64.4 Å². The number of aldehydes is 1. The Hall–Kier alpha value is -3.46. The molecule has 194 valence electrons. The van der Waals surface area contributed by atoms with Gasteiger partial charge in [-0.1, -0.05) is 23.2 Å². The highest BCUT2D eigenvalue weighted by molar-refractivity contribution is 6.37. The fourth-order valence-corrected chi connectivity index (χ4v) is 5.53. The number of hydrogen-bond acceptors (Lipinski definition) is 8. The van der Waals surface area contributed by atoms with Crippen LogP contribution in [0, 0.1) is 0 Å². The summed E-state index contributed by atoms with van der Waals surface area (Å²) in [5, 5.41) is 13.7. The van der Waals surface area contributed by atoms with Gasteiger partial charge in [0.05, 0.1) is 44.2 Å². The number of fused-ring (bicyclic) bond motifs is 1. The fraction of sp³-hybridized carbons (Fsp3) is 0.286. The van der Waals surface area contributed by atoms with Gasteiger partial charge in [-0.15, -0.1) is 0 Å². The molecular formula is C28H26Cl2N6O2. The van der Waals surface area contributed by atoms with E-state index in [0.717, 1.165) is 62.1 Å². The highest BCUT2D eigenvalue weighted by Crippen LogP contribution is 2.50. The van der Waals surface area contributed by atoms with Crippen LogP contribution in [0.2, 0.25) is 10.0 Å². The number of nitrogens with zero attached hydrogens (tertiary/aromatic N) is 4. The molecule has 0 amide bonds. The second-order valence-corrected chi connectivity index (χ2v) is 10.9. The number of aromatic hydroxyl groups is 1. The lowest BCUT2D eigenvalue weighted by atomic mass is 9.96. The number of halogens is 2. The molecule has 2 fully saturated rings. The van der Waals surface area contributed by atoms with Crippen LogP contribution in [0.4, 0.5) is 17.2 Å². The van der Waals surface area contributed by atoms with Gasteiger partial charge in [-0.25, -0.2) is 9.97 Å². The fourth-order valence-electron chi connectivity index (χ4n) is 5.04. The van der Waals surface area contributed by atoms with Gasteiger partial charge in [0.2, 0.25) is 0 Å². The first-order valence-electron chi connectivity index (χ1n) is 12.6. The molecule has 1 saturated heterocycles. The predicted molar refractivity (Wildman–Crippen MR) is 151 cm³/mol. The molecule has 3 aromatic heterocycles. The van der Waals surface area contributed by atoms with E-state index in [9.17, 15) is 9.90 Å². The van der Waals surface area contributed by atoms with E-state index in [2.05, 4.69) is 20.2 Å². The van der Waals surface area contributed by atoms with E-state index in [1.165, 1.54) is 0 Å². The lowest BCUT2D eigenvalue weighted by Crippen LogP contribution is -2.43. The molecule has 38 heavy (non-hydrogen) atoms. The molecule has 4 aromatic rings. The molecule has 4 N–H and O–H groups in total. The molecule has 0 radical (unpaired) electrons. The van der Waals surface area contributed by atoms with Gasteiger partial charge in [0.25, 0.3) is 0 Å². The maximum absolute atomic E-state index is 12.1. The first-order valence-corrected chi connectivity index (χ1v) is 13.3. The Morgan fingerprint density at radius 3 is 2.55 bits per heavy atom. The van der Waals surface area contributed by atoms with Crippen LogP contribution in [0.5, 0.6) is 5.75 Å². The van der Waals surface area contributed by atoms with Gasteiger partial charge in [0, 0.05) is 36.5 Å². The van der Waals surface area contributed by atoms with E-state index in [0.29, 0.717) is 28.0 Å². The van der Waals surface area contributed by atoms with Crippen molar-refractivity contribution >= 4 is 57.7 Å². The number of hydrogen-bond donors (Lipinski definition) is 3. The third-order valence-corrected chi connectivity index (χ3v) is 7.95. The SMILES string of the molecule is N[C@H]1CCCN(c2ccc(Nc3c(C4(C=O)CC4)cnc4ccc(-c5cc(Cl)c(O)c(Cl)c5)nc34)cn2)C1. The molecule has 10 heteroatoms. The number of carbonyl (C=O) groups is 1. The number of nitrogens with two attached hydrogens (primary N) is 1. The van der Waals surface area contributed by atoms with Crippen molar-refractivity contribution in [2.75, 3.05) is 23.3 Å².